The van der Waals surface area contributed by atoms with Crippen LogP contribution in [0.4, 0.5) is 17.3 Å². The molecule has 2 saturated heterocycles. The molecule has 2 aliphatic heterocycles. The van der Waals surface area contributed by atoms with Crippen molar-refractivity contribution in [3.8, 4) is 22.4 Å². The molecule has 0 radical (unpaired) electrons. The molecule has 0 amide bonds. The average molecular weight is 520 g/mol. The molecule has 8 heteroatoms. The number of pyridine rings is 1. The highest BCUT2D eigenvalue weighted by Gasteiger charge is 2.47. The van der Waals surface area contributed by atoms with E-state index in [4.69, 9.17) is 33.5 Å². The third-order valence-corrected chi connectivity index (χ3v) is 7.69. The van der Waals surface area contributed by atoms with Crippen LogP contribution in [0.5, 0.6) is 0 Å². The molecule has 2 aliphatic rings. The smallest absolute Gasteiger partial charge is 0.235 e. The first-order chi connectivity index (χ1) is 17.4. The molecular formula is C28H27Cl2N5O. The Bertz CT molecular complexity index is 1390. The van der Waals surface area contributed by atoms with Gasteiger partial charge in [0.15, 0.2) is 0 Å². The summed E-state index contributed by atoms with van der Waals surface area (Å²) in [6, 6.07) is 17.5. The second-order valence-electron chi connectivity index (χ2n) is 10.0. The third-order valence-electron chi connectivity index (χ3n) is 7.26. The molecule has 2 fully saturated rings. The molecule has 0 aliphatic carbocycles. The number of hydrogen-bond donors (Lipinski definition) is 1. The topological polar surface area (TPSA) is 71.4 Å². The summed E-state index contributed by atoms with van der Waals surface area (Å²) >= 11 is 12.7. The van der Waals surface area contributed by atoms with Crippen LogP contribution in [0.25, 0.3) is 22.4 Å². The number of aryl methyl sites for hydroxylation is 1. The summed E-state index contributed by atoms with van der Waals surface area (Å²) in [5, 5.41) is 5.64. The van der Waals surface area contributed by atoms with Gasteiger partial charge in [-0.2, -0.15) is 0 Å². The number of rotatable bonds is 4. The van der Waals surface area contributed by atoms with Crippen molar-refractivity contribution in [2.45, 2.75) is 19.8 Å². The van der Waals surface area contributed by atoms with Gasteiger partial charge in [-0.05, 0) is 67.8 Å². The van der Waals surface area contributed by atoms with Gasteiger partial charge in [-0.1, -0.05) is 40.5 Å². The molecule has 4 aromatic rings. The van der Waals surface area contributed by atoms with Crippen molar-refractivity contribution in [3.63, 3.8) is 0 Å². The van der Waals surface area contributed by atoms with E-state index in [1.807, 2.05) is 49.5 Å². The van der Waals surface area contributed by atoms with Crippen LogP contribution in [0.2, 0.25) is 10.0 Å². The van der Waals surface area contributed by atoms with Crippen molar-refractivity contribution in [3.05, 3.63) is 76.5 Å². The molecule has 2 aromatic carbocycles. The number of halogens is 2. The highest BCUT2D eigenvalue weighted by atomic mass is 35.5. The second kappa shape index (κ2) is 9.02. The number of nitrogen functional groups attached to an aromatic ring is 1. The Hall–Kier alpha value is -3.22. The van der Waals surface area contributed by atoms with Gasteiger partial charge in [-0.25, -0.2) is 0 Å². The summed E-state index contributed by atoms with van der Waals surface area (Å²) in [6.07, 6.45) is 4.19. The largest absolute Gasteiger partial charge is 0.399 e. The van der Waals surface area contributed by atoms with Crippen molar-refractivity contribution in [2.75, 3.05) is 41.7 Å². The summed E-state index contributed by atoms with van der Waals surface area (Å²) in [6.45, 7) is 5.92. The summed E-state index contributed by atoms with van der Waals surface area (Å²) < 4.78 is 6.08. The van der Waals surface area contributed by atoms with Crippen molar-refractivity contribution >= 4 is 40.5 Å². The molecular weight excluding hydrogens is 493 g/mol. The minimum Gasteiger partial charge on any atom is -0.399 e. The lowest BCUT2D eigenvalue weighted by atomic mass is 9.73. The van der Waals surface area contributed by atoms with Gasteiger partial charge in [-0.15, -0.1) is 0 Å². The zero-order chi connectivity index (χ0) is 24.9. The average Bonchev–Trinajstić information content (AvgIpc) is 3.28. The summed E-state index contributed by atoms with van der Waals surface area (Å²) in [4.78, 5) is 9.14. The van der Waals surface area contributed by atoms with Crippen molar-refractivity contribution in [1.29, 1.82) is 0 Å². The van der Waals surface area contributed by atoms with E-state index in [0.29, 0.717) is 15.7 Å². The molecule has 2 aromatic heterocycles. The lowest BCUT2D eigenvalue weighted by molar-refractivity contribution is 0.170. The number of nitrogens with two attached hydrogens (primary N) is 1. The summed E-state index contributed by atoms with van der Waals surface area (Å²) in [5.74, 6) is 0.781. The molecule has 0 saturated carbocycles. The van der Waals surface area contributed by atoms with E-state index in [1.165, 1.54) is 12.1 Å². The van der Waals surface area contributed by atoms with Gasteiger partial charge < -0.3 is 20.1 Å². The number of nitrogens with zero attached hydrogens (tertiary/aromatic N) is 4. The lowest BCUT2D eigenvalue weighted by Gasteiger charge is -2.55. The van der Waals surface area contributed by atoms with E-state index in [1.54, 1.807) is 6.07 Å². The molecule has 36 heavy (non-hydrogen) atoms. The van der Waals surface area contributed by atoms with Gasteiger partial charge in [0.05, 0.1) is 5.56 Å². The minimum atomic E-state index is 0.222. The molecule has 2 N–H and O–H groups in total. The lowest BCUT2D eigenvalue weighted by Crippen LogP contribution is -2.63. The summed E-state index contributed by atoms with van der Waals surface area (Å²) in [7, 11) is 0. The number of anilines is 3. The molecule has 184 valence electrons. The van der Waals surface area contributed by atoms with E-state index < -0.39 is 0 Å². The maximum Gasteiger partial charge on any atom is 0.235 e. The Morgan fingerprint density at radius 1 is 0.917 bits per heavy atom. The Balaban J connectivity index is 1.34. The number of aromatic nitrogens is 2. The first-order valence-corrected chi connectivity index (χ1v) is 12.9. The quantitative estimate of drug-likeness (QED) is 0.302. The van der Waals surface area contributed by atoms with Gasteiger partial charge in [-0.3, -0.25) is 4.98 Å². The van der Waals surface area contributed by atoms with E-state index in [9.17, 15) is 0 Å². The van der Waals surface area contributed by atoms with E-state index in [-0.39, 0.29) is 5.41 Å². The van der Waals surface area contributed by atoms with E-state index in [2.05, 4.69) is 32.1 Å². The van der Waals surface area contributed by atoms with Gasteiger partial charge in [0.25, 0.3) is 0 Å². The zero-order valence-corrected chi connectivity index (χ0v) is 21.6. The van der Waals surface area contributed by atoms with E-state index in [0.717, 1.165) is 66.6 Å². The fourth-order valence-electron chi connectivity index (χ4n) is 5.61. The first kappa shape index (κ1) is 23.2. The van der Waals surface area contributed by atoms with Crippen molar-refractivity contribution in [1.82, 2.24) is 10.1 Å². The Morgan fingerprint density at radius 3 is 2.36 bits per heavy atom. The monoisotopic (exact) mass is 519 g/mol. The zero-order valence-electron chi connectivity index (χ0n) is 20.0. The SMILES string of the molecule is Cc1cc(N2CC3(CCCN(c4onc(-c5cc(Cl)cc(Cl)c5)c4-c4ccc(N)cc4)C3)C2)ccn1. The Morgan fingerprint density at radius 2 is 1.64 bits per heavy atom. The highest BCUT2D eigenvalue weighted by Crippen LogP contribution is 2.46. The van der Waals surface area contributed by atoms with Crippen LogP contribution in [-0.2, 0) is 0 Å². The van der Waals surface area contributed by atoms with Crippen LogP contribution in [0.3, 0.4) is 0 Å². The maximum absolute atomic E-state index is 6.33. The highest BCUT2D eigenvalue weighted by molar-refractivity contribution is 6.35. The maximum atomic E-state index is 6.33. The minimum absolute atomic E-state index is 0.222. The van der Waals surface area contributed by atoms with Gasteiger partial charge in [0.1, 0.15) is 5.69 Å². The fourth-order valence-corrected chi connectivity index (χ4v) is 6.13. The first-order valence-electron chi connectivity index (χ1n) is 12.1. The van der Waals surface area contributed by atoms with Crippen LogP contribution < -0.4 is 15.5 Å². The fraction of sp³-hybridized carbons (Fsp3) is 0.286. The number of benzene rings is 2. The summed E-state index contributed by atoms with van der Waals surface area (Å²) in [5.41, 5.74) is 12.7. The molecule has 0 bridgehead atoms. The molecule has 4 heterocycles. The second-order valence-corrected chi connectivity index (χ2v) is 10.9. The molecule has 6 nitrogen and oxygen atoms in total. The Labute approximate surface area is 220 Å². The van der Waals surface area contributed by atoms with Crippen molar-refractivity contribution < 1.29 is 4.52 Å². The standard InChI is InChI=1S/C28H27Cl2N5O/c1-18-11-24(7-9-32-18)35-16-28(17-35)8-2-10-34(15-28)27-25(19-3-5-23(31)6-4-19)26(33-36-27)20-12-21(29)14-22(30)13-20/h3-7,9,11-14H,2,8,10,15-17,31H2,1H3. The van der Waals surface area contributed by atoms with Crippen LogP contribution in [0.1, 0.15) is 18.5 Å². The normalized spacial score (nSPS) is 16.9. The third kappa shape index (κ3) is 4.29. The molecule has 1 spiro atoms. The van der Waals surface area contributed by atoms with Crippen LogP contribution in [0, 0.1) is 12.3 Å². The number of hydrogen-bond acceptors (Lipinski definition) is 6. The molecule has 0 atom stereocenters. The van der Waals surface area contributed by atoms with Crippen LogP contribution in [0.15, 0.2) is 65.3 Å². The molecule has 6 rings (SSSR count). The van der Waals surface area contributed by atoms with Crippen LogP contribution >= 0.6 is 23.2 Å². The predicted molar refractivity (Wildman–Crippen MR) is 147 cm³/mol. The molecule has 0 unspecified atom stereocenters. The Kier molecular flexibility index (Phi) is 5.81. The van der Waals surface area contributed by atoms with Gasteiger partial charge in [0.2, 0.25) is 5.88 Å². The van der Waals surface area contributed by atoms with Gasteiger partial charge in [0, 0.05) is 70.5 Å². The van der Waals surface area contributed by atoms with Crippen molar-refractivity contribution in [2.24, 2.45) is 5.41 Å². The van der Waals surface area contributed by atoms with E-state index >= 15 is 0 Å². The van der Waals surface area contributed by atoms with Crippen LogP contribution in [-0.4, -0.2) is 36.3 Å². The number of piperidine rings is 1. The predicted octanol–water partition coefficient (Wildman–Crippen LogP) is 6.71. The van der Waals surface area contributed by atoms with Gasteiger partial charge >= 0.3 is 0 Å².